The molecule has 2 aromatic rings. The van der Waals surface area contributed by atoms with Crippen molar-refractivity contribution in [2.75, 3.05) is 0 Å². The highest BCUT2D eigenvalue weighted by atomic mass is 16.2. The molecule has 0 bridgehead atoms. The van der Waals surface area contributed by atoms with Gasteiger partial charge in [-0.25, -0.2) is 0 Å². The Kier molecular flexibility index (Phi) is 5.43. The van der Waals surface area contributed by atoms with Gasteiger partial charge in [-0.05, 0) is 62.1 Å². The molecule has 0 saturated heterocycles. The number of benzene rings is 1. The number of nitrogens with two attached hydrogens (primary N) is 1. The molecule has 2 aliphatic rings. The van der Waals surface area contributed by atoms with Gasteiger partial charge in [-0.15, -0.1) is 0 Å². The van der Waals surface area contributed by atoms with Gasteiger partial charge in [0.25, 0.3) is 5.91 Å². The van der Waals surface area contributed by atoms with Gasteiger partial charge in [0, 0.05) is 35.9 Å². The second-order valence-electron chi connectivity index (χ2n) is 8.82. The first-order valence-electron chi connectivity index (χ1n) is 10.7. The second-order valence-corrected chi connectivity index (χ2v) is 8.82. The van der Waals surface area contributed by atoms with Crippen molar-refractivity contribution in [3.63, 3.8) is 0 Å². The molecule has 1 aromatic carbocycles. The number of rotatable bonds is 7. The maximum Gasteiger partial charge on any atom is 0.255 e. The minimum atomic E-state index is 0.0938. The molecule has 3 N–H and O–H groups in total. The monoisotopic (exact) mass is 393 g/mol. The first-order valence-corrected chi connectivity index (χ1v) is 10.7. The third-order valence-corrected chi connectivity index (χ3v) is 6.19. The molecule has 0 spiro atoms. The highest BCUT2D eigenvalue weighted by Crippen LogP contribution is 2.36. The number of fused-ring (bicyclic) bond motifs is 1. The van der Waals surface area contributed by atoms with Gasteiger partial charge < -0.3 is 16.0 Å². The summed E-state index contributed by atoms with van der Waals surface area (Å²) in [6, 6.07) is 6.38. The van der Waals surface area contributed by atoms with E-state index >= 15 is 0 Å². The predicted molar refractivity (Wildman–Crippen MR) is 116 cm³/mol. The Hall–Kier alpha value is -2.63. The molecular formula is C23H31N5O. The Morgan fingerprint density at radius 2 is 2.14 bits per heavy atom. The van der Waals surface area contributed by atoms with E-state index in [1.54, 1.807) is 0 Å². The summed E-state index contributed by atoms with van der Waals surface area (Å²) in [6.07, 6.45) is 8.69. The summed E-state index contributed by atoms with van der Waals surface area (Å²) >= 11 is 0. The quantitative estimate of drug-likeness (QED) is 0.694. The lowest BCUT2D eigenvalue weighted by atomic mass is 9.91. The molecule has 6 heteroatoms. The highest BCUT2D eigenvalue weighted by Gasteiger charge is 2.39. The number of nitrogens with one attached hydrogen (secondary N) is 1. The van der Waals surface area contributed by atoms with Crippen molar-refractivity contribution in [1.82, 2.24) is 14.7 Å². The molecule has 1 saturated carbocycles. The summed E-state index contributed by atoms with van der Waals surface area (Å²) in [5.41, 5.74) is 9.51. The molecule has 1 atom stereocenters. The number of carbonyl (C=O) groups is 1. The lowest BCUT2D eigenvalue weighted by Gasteiger charge is -2.35. The molecule has 29 heavy (non-hydrogen) atoms. The number of hydrogen-bond donors (Lipinski definition) is 2. The first-order chi connectivity index (χ1) is 14.0. The summed E-state index contributed by atoms with van der Waals surface area (Å²) in [7, 11) is 0. The standard InChI is InChI=1S/C23H31N5O/c1-15(2)10-11-27-22-5-3-4-19(20(22)14-26-27)23(29)28(17-6-7-17)18-8-9-21(25)16(12-18)13-24/h3-5,13-15,17-18,24H,6-12,25H2,1-2H3. The number of allylic oxidation sites excluding steroid dienone is 1. The summed E-state index contributed by atoms with van der Waals surface area (Å²) < 4.78 is 2.02. The van der Waals surface area contributed by atoms with E-state index in [2.05, 4.69) is 29.9 Å². The van der Waals surface area contributed by atoms with E-state index in [1.165, 1.54) is 6.21 Å². The molecule has 0 radical (unpaired) electrons. The fourth-order valence-electron chi connectivity index (χ4n) is 4.33. The van der Waals surface area contributed by atoms with Crippen LogP contribution in [0.1, 0.15) is 62.7 Å². The molecule has 1 fully saturated rings. The van der Waals surface area contributed by atoms with Crippen molar-refractivity contribution in [3.05, 3.63) is 41.2 Å². The van der Waals surface area contributed by atoms with Crippen molar-refractivity contribution in [2.45, 2.75) is 71.0 Å². The summed E-state index contributed by atoms with van der Waals surface area (Å²) in [5.74, 6) is 0.704. The molecule has 154 valence electrons. The first kappa shape index (κ1) is 19.7. The third-order valence-electron chi connectivity index (χ3n) is 6.19. The Bertz CT molecular complexity index is 953. The lowest BCUT2D eigenvalue weighted by Crippen LogP contribution is -2.44. The molecule has 1 amide bonds. The van der Waals surface area contributed by atoms with Crippen molar-refractivity contribution in [3.8, 4) is 0 Å². The van der Waals surface area contributed by atoms with Crippen LogP contribution in [0.5, 0.6) is 0 Å². The summed E-state index contributed by atoms with van der Waals surface area (Å²) in [4.78, 5) is 15.8. The van der Waals surface area contributed by atoms with E-state index in [1.807, 2.05) is 23.0 Å². The van der Waals surface area contributed by atoms with Crippen LogP contribution in [-0.4, -0.2) is 38.9 Å². The number of aromatic nitrogens is 2. The third kappa shape index (κ3) is 3.93. The van der Waals surface area contributed by atoms with Crippen LogP contribution in [0, 0.1) is 11.3 Å². The van der Waals surface area contributed by atoms with Crippen LogP contribution in [0.15, 0.2) is 35.7 Å². The van der Waals surface area contributed by atoms with Gasteiger partial charge in [0.05, 0.1) is 17.3 Å². The largest absolute Gasteiger partial charge is 0.402 e. The van der Waals surface area contributed by atoms with Crippen LogP contribution in [0.25, 0.3) is 10.9 Å². The van der Waals surface area contributed by atoms with Crippen LogP contribution in [-0.2, 0) is 6.54 Å². The van der Waals surface area contributed by atoms with E-state index in [4.69, 9.17) is 11.1 Å². The Morgan fingerprint density at radius 1 is 1.34 bits per heavy atom. The molecule has 1 aromatic heterocycles. The zero-order valence-corrected chi connectivity index (χ0v) is 17.4. The number of aryl methyl sites for hydroxylation is 1. The van der Waals surface area contributed by atoms with Crippen LogP contribution in [0.4, 0.5) is 0 Å². The molecule has 0 aliphatic heterocycles. The Labute approximate surface area is 172 Å². The fourth-order valence-corrected chi connectivity index (χ4v) is 4.33. The number of amides is 1. The van der Waals surface area contributed by atoms with Gasteiger partial charge >= 0.3 is 0 Å². The SMILES string of the molecule is CC(C)CCn1ncc2c(C(=O)N(C3CC3)C3CCC(N)=C(C=N)C3)cccc21. The van der Waals surface area contributed by atoms with Gasteiger partial charge in [-0.1, -0.05) is 19.9 Å². The summed E-state index contributed by atoms with van der Waals surface area (Å²) in [6.45, 7) is 5.28. The minimum Gasteiger partial charge on any atom is -0.402 e. The van der Waals surface area contributed by atoms with Crippen LogP contribution in [0.2, 0.25) is 0 Å². The van der Waals surface area contributed by atoms with E-state index < -0.39 is 0 Å². The van der Waals surface area contributed by atoms with Gasteiger partial charge in [-0.2, -0.15) is 5.10 Å². The van der Waals surface area contributed by atoms with E-state index in [-0.39, 0.29) is 11.9 Å². The number of carbonyl (C=O) groups excluding carboxylic acids is 1. The van der Waals surface area contributed by atoms with Gasteiger partial charge in [-0.3, -0.25) is 9.48 Å². The lowest BCUT2D eigenvalue weighted by molar-refractivity contribution is 0.0647. The van der Waals surface area contributed by atoms with E-state index in [9.17, 15) is 4.79 Å². The van der Waals surface area contributed by atoms with Crippen LogP contribution < -0.4 is 5.73 Å². The van der Waals surface area contributed by atoms with Crippen molar-refractivity contribution < 1.29 is 4.79 Å². The Morgan fingerprint density at radius 3 is 2.83 bits per heavy atom. The maximum atomic E-state index is 13.7. The average molecular weight is 394 g/mol. The molecule has 1 unspecified atom stereocenters. The molecular weight excluding hydrogens is 362 g/mol. The number of nitrogens with zero attached hydrogens (tertiary/aromatic N) is 3. The zero-order chi connectivity index (χ0) is 20.5. The molecule has 4 rings (SSSR count). The van der Waals surface area contributed by atoms with E-state index in [0.29, 0.717) is 18.4 Å². The van der Waals surface area contributed by atoms with Crippen LogP contribution in [0.3, 0.4) is 0 Å². The minimum absolute atomic E-state index is 0.0938. The molecule has 2 aliphatic carbocycles. The van der Waals surface area contributed by atoms with Gasteiger partial charge in [0.15, 0.2) is 0 Å². The molecule has 1 heterocycles. The topological polar surface area (TPSA) is 88.0 Å². The van der Waals surface area contributed by atoms with Crippen molar-refractivity contribution in [1.29, 1.82) is 5.41 Å². The Balaban J connectivity index is 1.64. The smallest absolute Gasteiger partial charge is 0.255 e. The zero-order valence-electron chi connectivity index (χ0n) is 17.4. The highest BCUT2D eigenvalue weighted by molar-refractivity contribution is 6.06. The summed E-state index contributed by atoms with van der Waals surface area (Å²) in [5, 5.41) is 13.2. The maximum absolute atomic E-state index is 13.7. The van der Waals surface area contributed by atoms with Crippen molar-refractivity contribution >= 4 is 23.0 Å². The van der Waals surface area contributed by atoms with Gasteiger partial charge in [0.2, 0.25) is 0 Å². The second kappa shape index (κ2) is 8.01. The predicted octanol–water partition coefficient (Wildman–Crippen LogP) is 4.10. The number of hydrogen-bond acceptors (Lipinski definition) is 4. The normalized spacial score (nSPS) is 19.8. The van der Waals surface area contributed by atoms with E-state index in [0.717, 1.165) is 66.4 Å². The van der Waals surface area contributed by atoms with Gasteiger partial charge in [0.1, 0.15) is 0 Å². The average Bonchev–Trinajstić information content (AvgIpc) is 3.45. The van der Waals surface area contributed by atoms with Crippen molar-refractivity contribution in [2.24, 2.45) is 11.7 Å². The fraction of sp³-hybridized carbons (Fsp3) is 0.522. The van der Waals surface area contributed by atoms with Crippen LogP contribution >= 0.6 is 0 Å². The molecule has 6 nitrogen and oxygen atoms in total.